The Kier molecular flexibility index (Phi) is 5.54. The highest BCUT2D eigenvalue weighted by atomic mass is 35.5. The van der Waals surface area contributed by atoms with Crippen LogP contribution in [0.2, 0.25) is 10.0 Å². The number of hydrogen-bond donors (Lipinski definition) is 4. The minimum atomic E-state index is -0.774. The van der Waals surface area contributed by atoms with Crippen molar-refractivity contribution in [3.05, 3.63) is 63.4 Å². The third-order valence-electron chi connectivity index (χ3n) is 3.09. The molecule has 23 heavy (non-hydrogen) atoms. The van der Waals surface area contributed by atoms with Crippen molar-refractivity contribution >= 4 is 40.5 Å². The summed E-state index contributed by atoms with van der Waals surface area (Å²) in [5.41, 5.74) is 2.74. The van der Waals surface area contributed by atoms with Crippen molar-refractivity contribution < 1.29 is 9.18 Å². The van der Waals surface area contributed by atoms with Crippen molar-refractivity contribution in [2.45, 2.75) is 6.54 Å². The summed E-state index contributed by atoms with van der Waals surface area (Å²) in [5, 5.41) is 11.7. The maximum Gasteiger partial charge on any atom is 0.283 e. The second-order valence-corrected chi connectivity index (χ2v) is 5.47. The van der Waals surface area contributed by atoms with Gasteiger partial charge < -0.3 is 5.32 Å². The molecule has 0 saturated carbocycles. The van der Waals surface area contributed by atoms with Gasteiger partial charge in [-0.25, -0.2) is 10.2 Å². The van der Waals surface area contributed by atoms with Crippen molar-refractivity contribution in [1.29, 1.82) is 5.41 Å². The molecule has 120 valence electrons. The molecule has 2 aromatic carbocycles. The number of rotatable bonds is 5. The van der Waals surface area contributed by atoms with E-state index >= 15 is 0 Å². The van der Waals surface area contributed by atoms with Crippen LogP contribution in [0.25, 0.3) is 0 Å². The number of anilines is 1. The van der Waals surface area contributed by atoms with Gasteiger partial charge in [-0.3, -0.25) is 15.6 Å². The molecular weight excluding hydrogens is 342 g/mol. The lowest BCUT2D eigenvalue weighted by Crippen LogP contribution is -2.36. The lowest BCUT2D eigenvalue weighted by molar-refractivity contribution is -0.114. The Hall–Kier alpha value is -2.15. The van der Waals surface area contributed by atoms with E-state index in [1.165, 1.54) is 12.1 Å². The van der Waals surface area contributed by atoms with Gasteiger partial charge >= 0.3 is 0 Å². The van der Waals surface area contributed by atoms with Crippen LogP contribution in [-0.4, -0.2) is 11.6 Å². The predicted molar refractivity (Wildman–Crippen MR) is 89.3 cm³/mol. The molecule has 0 bridgehead atoms. The summed E-state index contributed by atoms with van der Waals surface area (Å²) >= 11 is 11.9. The molecule has 0 atom stereocenters. The lowest BCUT2D eigenvalue weighted by Gasteiger charge is -2.13. The largest absolute Gasteiger partial charge is 0.380 e. The molecule has 0 aliphatic heterocycles. The molecule has 0 saturated heterocycles. The van der Waals surface area contributed by atoms with E-state index in [-0.39, 0.29) is 23.5 Å². The molecule has 0 radical (unpaired) electrons. The molecule has 0 aliphatic rings. The van der Waals surface area contributed by atoms with Crippen LogP contribution >= 0.6 is 23.2 Å². The number of hydrazine groups is 1. The van der Waals surface area contributed by atoms with E-state index < -0.39 is 11.7 Å². The van der Waals surface area contributed by atoms with E-state index in [1.54, 1.807) is 18.2 Å². The SMILES string of the molecule is N=C(C(=O)NN)c1ccc(F)cc1NCc1ccc(Cl)cc1Cl. The fourth-order valence-electron chi connectivity index (χ4n) is 1.93. The lowest BCUT2D eigenvalue weighted by atomic mass is 10.1. The zero-order valence-corrected chi connectivity index (χ0v) is 13.3. The van der Waals surface area contributed by atoms with Gasteiger partial charge in [-0.2, -0.15) is 0 Å². The normalized spacial score (nSPS) is 10.3. The topological polar surface area (TPSA) is 91.0 Å². The Morgan fingerprint density at radius 2 is 1.96 bits per heavy atom. The molecule has 8 heteroatoms. The Bertz CT molecular complexity index is 767. The van der Waals surface area contributed by atoms with E-state index in [9.17, 15) is 9.18 Å². The van der Waals surface area contributed by atoms with Crippen LogP contribution in [0.4, 0.5) is 10.1 Å². The van der Waals surface area contributed by atoms with E-state index in [4.69, 9.17) is 34.5 Å². The van der Waals surface area contributed by atoms with Crippen molar-refractivity contribution in [1.82, 2.24) is 5.43 Å². The third-order valence-corrected chi connectivity index (χ3v) is 3.68. The molecule has 0 aromatic heterocycles. The maximum atomic E-state index is 13.5. The van der Waals surface area contributed by atoms with Gasteiger partial charge in [0.2, 0.25) is 0 Å². The van der Waals surface area contributed by atoms with Gasteiger partial charge in [0.05, 0.1) is 0 Å². The molecular formula is C15H13Cl2FN4O. The van der Waals surface area contributed by atoms with Crippen LogP contribution in [-0.2, 0) is 11.3 Å². The fourth-order valence-corrected chi connectivity index (χ4v) is 2.41. The number of benzene rings is 2. The Balaban J connectivity index is 2.26. The van der Waals surface area contributed by atoms with Gasteiger partial charge in [-0.1, -0.05) is 29.3 Å². The molecule has 0 heterocycles. The molecule has 2 rings (SSSR count). The van der Waals surface area contributed by atoms with Crippen LogP contribution in [0.15, 0.2) is 36.4 Å². The molecule has 0 fully saturated rings. The van der Waals surface area contributed by atoms with Gasteiger partial charge in [-0.15, -0.1) is 0 Å². The smallest absolute Gasteiger partial charge is 0.283 e. The summed E-state index contributed by atoms with van der Waals surface area (Å²) in [6, 6.07) is 8.69. The first-order valence-corrected chi connectivity index (χ1v) is 7.25. The Labute approximate surface area is 142 Å². The van der Waals surface area contributed by atoms with Crippen molar-refractivity contribution in [3.8, 4) is 0 Å². The standard InChI is InChI=1S/C15H13Cl2FN4O/c16-9-2-1-8(12(17)5-9)7-21-13-6-10(18)3-4-11(13)14(19)15(23)22-20/h1-6,19,21H,7,20H2,(H,22,23). The average Bonchev–Trinajstić information content (AvgIpc) is 2.52. The number of hydrogen-bond acceptors (Lipinski definition) is 4. The summed E-state index contributed by atoms with van der Waals surface area (Å²) in [5.74, 6) is 3.75. The number of carbonyl (C=O) groups excluding carboxylic acids is 1. The summed E-state index contributed by atoms with van der Waals surface area (Å²) in [4.78, 5) is 11.5. The maximum absolute atomic E-state index is 13.5. The summed E-state index contributed by atoms with van der Waals surface area (Å²) < 4.78 is 13.5. The molecule has 0 unspecified atom stereocenters. The first-order chi connectivity index (χ1) is 10.9. The molecule has 1 amide bonds. The van der Waals surface area contributed by atoms with E-state index in [0.717, 1.165) is 11.6 Å². The number of halogens is 3. The highest BCUT2D eigenvalue weighted by Gasteiger charge is 2.15. The number of amides is 1. The number of nitrogens with two attached hydrogens (primary N) is 1. The van der Waals surface area contributed by atoms with E-state index in [0.29, 0.717) is 10.0 Å². The van der Waals surface area contributed by atoms with Crippen molar-refractivity contribution in [2.24, 2.45) is 5.84 Å². The number of nitrogens with one attached hydrogen (secondary N) is 3. The van der Waals surface area contributed by atoms with Gasteiger partial charge in [-0.05, 0) is 35.9 Å². The fraction of sp³-hybridized carbons (Fsp3) is 0.0667. The van der Waals surface area contributed by atoms with Gasteiger partial charge in [0, 0.05) is 27.8 Å². The molecule has 0 spiro atoms. The summed E-state index contributed by atoms with van der Waals surface area (Å²) in [7, 11) is 0. The Morgan fingerprint density at radius 3 is 2.61 bits per heavy atom. The van der Waals surface area contributed by atoms with E-state index in [2.05, 4.69) is 5.32 Å². The minimum Gasteiger partial charge on any atom is -0.380 e. The summed E-state index contributed by atoms with van der Waals surface area (Å²) in [6.45, 7) is 0.268. The van der Waals surface area contributed by atoms with Gasteiger partial charge in [0.25, 0.3) is 5.91 Å². The van der Waals surface area contributed by atoms with Gasteiger partial charge in [0.1, 0.15) is 11.5 Å². The number of carbonyl (C=O) groups is 1. The van der Waals surface area contributed by atoms with Crippen molar-refractivity contribution in [3.63, 3.8) is 0 Å². The molecule has 0 aliphatic carbocycles. The highest BCUT2D eigenvalue weighted by molar-refractivity contribution is 6.45. The van der Waals surface area contributed by atoms with Crippen LogP contribution in [0.5, 0.6) is 0 Å². The molecule has 5 N–H and O–H groups in total. The quantitative estimate of drug-likeness (QED) is 0.288. The molecule has 5 nitrogen and oxygen atoms in total. The second-order valence-electron chi connectivity index (χ2n) is 4.63. The van der Waals surface area contributed by atoms with E-state index in [1.807, 2.05) is 5.43 Å². The van der Waals surface area contributed by atoms with Crippen molar-refractivity contribution in [2.75, 3.05) is 5.32 Å². The highest BCUT2D eigenvalue weighted by Crippen LogP contribution is 2.24. The minimum absolute atomic E-state index is 0.222. The molecule has 2 aromatic rings. The third kappa shape index (κ3) is 4.19. The predicted octanol–water partition coefficient (Wildman–Crippen LogP) is 3.10. The first kappa shape index (κ1) is 17.2. The van der Waals surface area contributed by atoms with Gasteiger partial charge in [0.15, 0.2) is 0 Å². The van der Waals surface area contributed by atoms with Crippen LogP contribution in [0, 0.1) is 11.2 Å². The average molecular weight is 355 g/mol. The van der Waals surface area contributed by atoms with Crippen LogP contribution in [0.3, 0.4) is 0 Å². The second kappa shape index (κ2) is 7.41. The first-order valence-electron chi connectivity index (χ1n) is 6.49. The van der Waals surface area contributed by atoms with Crippen LogP contribution < -0.4 is 16.6 Å². The monoisotopic (exact) mass is 354 g/mol. The Morgan fingerprint density at radius 1 is 1.22 bits per heavy atom. The summed E-state index contributed by atoms with van der Waals surface area (Å²) in [6.07, 6.45) is 0. The zero-order chi connectivity index (χ0) is 17.0. The van der Waals surface area contributed by atoms with Crippen LogP contribution in [0.1, 0.15) is 11.1 Å². The zero-order valence-electron chi connectivity index (χ0n) is 11.8.